The Labute approximate surface area is 126 Å². The summed E-state index contributed by atoms with van der Waals surface area (Å²) in [4.78, 5) is 11.2. The van der Waals surface area contributed by atoms with Crippen LogP contribution in [-0.2, 0) is 17.4 Å². The highest BCUT2D eigenvalue weighted by molar-refractivity contribution is 9.10. The summed E-state index contributed by atoms with van der Waals surface area (Å²) in [6.45, 7) is 1.89. The van der Waals surface area contributed by atoms with Crippen LogP contribution in [0.5, 0.6) is 0 Å². The minimum Gasteiger partial charge on any atom is -0.298 e. The van der Waals surface area contributed by atoms with Gasteiger partial charge in [-0.1, -0.05) is 38.8 Å². The summed E-state index contributed by atoms with van der Waals surface area (Å²) >= 11 is 6.45. The van der Waals surface area contributed by atoms with Crippen molar-refractivity contribution in [2.24, 2.45) is 0 Å². The fraction of sp³-hybridized carbons (Fsp3) is 0.462. The van der Waals surface area contributed by atoms with Crippen LogP contribution in [0.3, 0.4) is 0 Å². The van der Waals surface area contributed by atoms with E-state index in [1.54, 1.807) is 0 Å². The molecule has 1 unspecified atom stereocenters. The topological polar surface area (TPSA) is 17.1 Å². The van der Waals surface area contributed by atoms with E-state index in [2.05, 4.69) is 31.9 Å². The van der Waals surface area contributed by atoms with Crippen molar-refractivity contribution in [2.45, 2.75) is 37.2 Å². The van der Waals surface area contributed by atoms with Gasteiger partial charge in [0.25, 0.3) is 0 Å². The molecule has 0 N–H and O–H groups in total. The predicted octanol–water partition coefficient (Wildman–Crippen LogP) is 5.14. The van der Waals surface area contributed by atoms with Gasteiger partial charge in [0.1, 0.15) is 5.78 Å². The highest BCUT2D eigenvalue weighted by Crippen LogP contribution is 2.32. The second-order valence-electron chi connectivity index (χ2n) is 4.19. The third-order valence-electron chi connectivity index (χ3n) is 2.62. The summed E-state index contributed by atoms with van der Waals surface area (Å²) in [5.41, 5.74) is -0.227. The Morgan fingerprint density at radius 2 is 2.00 bits per heavy atom. The van der Waals surface area contributed by atoms with E-state index in [1.165, 1.54) is 6.07 Å². The summed E-state index contributed by atoms with van der Waals surface area (Å²) in [5.74, 6) is 0.00631. The van der Waals surface area contributed by atoms with Gasteiger partial charge in [-0.05, 0) is 36.6 Å². The molecule has 0 amide bonds. The van der Waals surface area contributed by atoms with Gasteiger partial charge in [0, 0.05) is 10.9 Å². The van der Waals surface area contributed by atoms with Crippen molar-refractivity contribution in [2.75, 3.05) is 0 Å². The van der Waals surface area contributed by atoms with Crippen molar-refractivity contribution in [1.82, 2.24) is 0 Å². The zero-order valence-corrected chi connectivity index (χ0v) is 13.4. The van der Waals surface area contributed by atoms with Crippen LogP contribution in [0.15, 0.2) is 22.7 Å². The predicted molar refractivity (Wildman–Crippen MR) is 75.5 cm³/mol. The maximum Gasteiger partial charge on any atom is 0.416 e. The molecule has 1 aromatic carbocycles. The average molecular weight is 402 g/mol. The summed E-state index contributed by atoms with van der Waals surface area (Å²) in [6, 6.07) is 3.46. The van der Waals surface area contributed by atoms with Gasteiger partial charge in [0.05, 0.1) is 10.4 Å². The zero-order chi connectivity index (χ0) is 14.6. The Kier molecular flexibility index (Phi) is 6.05. The number of rotatable bonds is 5. The van der Waals surface area contributed by atoms with Crippen LogP contribution in [-0.4, -0.2) is 10.6 Å². The number of ketones is 1. The molecule has 1 rings (SSSR count). The molecule has 6 heteroatoms. The van der Waals surface area contributed by atoms with Gasteiger partial charge in [-0.15, -0.1) is 0 Å². The van der Waals surface area contributed by atoms with Crippen LogP contribution in [0.2, 0.25) is 0 Å². The van der Waals surface area contributed by atoms with E-state index >= 15 is 0 Å². The molecule has 0 aliphatic carbocycles. The molecule has 1 atom stereocenters. The molecule has 0 saturated heterocycles. The van der Waals surface area contributed by atoms with Crippen LogP contribution in [0, 0.1) is 0 Å². The quantitative estimate of drug-likeness (QED) is 0.624. The van der Waals surface area contributed by atoms with Crippen molar-refractivity contribution < 1.29 is 18.0 Å². The van der Waals surface area contributed by atoms with Gasteiger partial charge < -0.3 is 0 Å². The first-order valence-electron chi connectivity index (χ1n) is 5.78. The Bertz CT molecular complexity index is 458. The molecular weight excluding hydrogens is 389 g/mol. The van der Waals surface area contributed by atoms with Crippen LogP contribution < -0.4 is 0 Å². The van der Waals surface area contributed by atoms with E-state index in [0.29, 0.717) is 16.5 Å². The lowest BCUT2D eigenvalue weighted by molar-refractivity contribution is -0.137. The minimum absolute atomic E-state index is 0.00631. The van der Waals surface area contributed by atoms with Crippen LogP contribution >= 0.6 is 31.9 Å². The molecular formula is C13H13Br2F3O. The van der Waals surface area contributed by atoms with Crippen LogP contribution in [0.25, 0.3) is 0 Å². The summed E-state index contributed by atoms with van der Waals surface area (Å²) in [7, 11) is 0. The van der Waals surface area contributed by atoms with Crippen LogP contribution in [0.4, 0.5) is 13.2 Å². The zero-order valence-electron chi connectivity index (χ0n) is 10.2. The third kappa shape index (κ3) is 4.91. The number of hydrogen-bond acceptors (Lipinski definition) is 1. The van der Waals surface area contributed by atoms with Gasteiger partial charge in [-0.2, -0.15) is 13.2 Å². The molecule has 0 aromatic heterocycles. The first-order valence-corrected chi connectivity index (χ1v) is 7.49. The Balaban J connectivity index is 2.91. The molecule has 0 heterocycles. The van der Waals surface area contributed by atoms with E-state index < -0.39 is 16.6 Å². The maximum absolute atomic E-state index is 12.6. The lowest BCUT2D eigenvalue weighted by Crippen LogP contribution is -2.17. The van der Waals surface area contributed by atoms with Gasteiger partial charge in [0.2, 0.25) is 0 Å². The van der Waals surface area contributed by atoms with Gasteiger partial charge in [-0.25, -0.2) is 0 Å². The Morgan fingerprint density at radius 1 is 1.37 bits per heavy atom. The van der Waals surface area contributed by atoms with E-state index in [9.17, 15) is 18.0 Å². The van der Waals surface area contributed by atoms with Crippen molar-refractivity contribution in [3.63, 3.8) is 0 Å². The van der Waals surface area contributed by atoms with Gasteiger partial charge >= 0.3 is 6.18 Å². The van der Waals surface area contributed by atoms with Crippen molar-refractivity contribution >= 4 is 37.6 Å². The second-order valence-corrected chi connectivity index (χ2v) is 6.15. The standard InChI is InChI=1S/C13H13Br2F3O/c1-2-3-12(19)11(15)7-8-6-9(13(16,17)18)4-5-10(8)14/h4-6,11H,2-3,7H2,1H3. The molecule has 0 radical (unpaired) electrons. The highest BCUT2D eigenvalue weighted by atomic mass is 79.9. The Hall–Kier alpha value is -0.360. The monoisotopic (exact) mass is 400 g/mol. The third-order valence-corrected chi connectivity index (χ3v) is 4.23. The van der Waals surface area contributed by atoms with E-state index in [0.717, 1.165) is 18.6 Å². The number of carbonyl (C=O) groups excluding carboxylic acids is 1. The normalized spacial score (nSPS) is 13.4. The molecule has 0 fully saturated rings. The Morgan fingerprint density at radius 3 is 2.53 bits per heavy atom. The molecule has 19 heavy (non-hydrogen) atoms. The fourth-order valence-electron chi connectivity index (χ4n) is 1.62. The highest BCUT2D eigenvalue weighted by Gasteiger charge is 2.31. The molecule has 0 aliphatic heterocycles. The van der Waals surface area contributed by atoms with E-state index in [1.807, 2.05) is 6.92 Å². The molecule has 1 nitrogen and oxygen atoms in total. The SMILES string of the molecule is CCCC(=O)C(Br)Cc1cc(C(F)(F)F)ccc1Br. The molecule has 0 aliphatic rings. The van der Waals surface area contributed by atoms with Crippen molar-refractivity contribution in [1.29, 1.82) is 0 Å². The van der Waals surface area contributed by atoms with Gasteiger partial charge in [-0.3, -0.25) is 4.79 Å². The molecule has 106 valence electrons. The number of Topliss-reactive ketones (excluding diaryl/α,β-unsaturated/α-hetero) is 1. The molecule has 1 aromatic rings. The van der Waals surface area contributed by atoms with E-state index in [-0.39, 0.29) is 12.2 Å². The van der Waals surface area contributed by atoms with Crippen molar-refractivity contribution in [3.05, 3.63) is 33.8 Å². The average Bonchev–Trinajstić information content (AvgIpc) is 2.30. The lowest BCUT2D eigenvalue weighted by atomic mass is 10.0. The van der Waals surface area contributed by atoms with E-state index in [4.69, 9.17) is 0 Å². The number of carbonyl (C=O) groups is 1. The van der Waals surface area contributed by atoms with Crippen LogP contribution in [0.1, 0.15) is 30.9 Å². The lowest BCUT2D eigenvalue weighted by Gasteiger charge is -2.13. The minimum atomic E-state index is -4.37. The summed E-state index contributed by atoms with van der Waals surface area (Å²) in [6.07, 6.45) is -2.98. The van der Waals surface area contributed by atoms with Gasteiger partial charge in [0.15, 0.2) is 0 Å². The number of hydrogen-bond donors (Lipinski definition) is 0. The molecule has 0 spiro atoms. The van der Waals surface area contributed by atoms with Crippen molar-refractivity contribution in [3.8, 4) is 0 Å². The number of benzene rings is 1. The number of alkyl halides is 4. The molecule has 0 saturated carbocycles. The second kappa shape index (κ2) is 6.88. The number of halogens is 5. The first kappa shape index (κ1) is 16.7. The summed E-state index contributed by atoms with van der Waals surface area (Å²) < 4.78 is 38.4. The smallest absolute Gasteiger partial charge is 0.298 e. The fourth-order valence-corrected chi connectivity index (χ4v) is 2.60. The summed E-state index contributed by atoms with van der Waals surface area (Å²) in [5, 5.41) is 0. The largest absolute Gasteiger partial charge is 0.416 e. The first-order chi connectivity index (χ1) is 8.75. The maximum atomic E-state index is 12.6. The molecule has 0 bridgehead atoms.